The van der Waals surface area contributed by atoms with E-state index in [0.29, 0.717) is 12.5 Å². The highest BCUT2D eigenvalue weighted by Crippen LogP contribution is 2.50. The Bertz CT molecular complexity index is 254. The quantitative estimate of drug-likeness (QED) is 0.728. The zero-order chi connectivity index (χ0) is 11.5. The molecule has 0 radical (unpaired) electrons. The van der Waals surface area contributed by atoms with Gasteiger partial charge in [0.05, 0.1) is 5.92 Å². The number of carboxylic acids is 1. The standard InChI is InChI=1S/C13H23NO2/c14-5-1-2-11(13(15)16)8-12-7-9-3-4-10(12)6-9/h9-12H,1-8,14H2,(H,15,16). The molecule has 2 bridgehead atoms. The summed E-state index contributed by atoms with van der Waals surface area (Å²) in [5.74, 6) is 1.69. The van der Waals surface area contributed by atoms with Crippen LogP contribution < -0.4 is 5.73 Å². The minimum absolute atomic E-state index is 0.145. The Balaban J connectivity index is 1.83. The number of hydrogen-bond donors (Lipinski definition) is 2. The molecule has 0 amide bonds. The summed E-state index contributed by atoms with van der Waals surface area (Å²) < 4.78 is 0. The van der Waals surface area contributed by atoms with E-state index in [2.05, 4.69) is 0 Å². The van der Waals surface area contributed by atoms with Crippen molar-refractivity contribution in [3.63, 3.8) is 0 Å². The van der Waals surface area contributed by atoms with Crippen LogP contribution in [0.15, 0.2) is 0 Å². The summed E-state index contributed by atoms with van der Waals surface area (Å²) in [5.41, 5.74) is 5.45. The van der Waals surface area contributed by atoms with E-state index in [4.69, 9.17) is 5.73 Å². The number of nitrogens with two attached hydrogens (primary N) is 1. The first-order chi connectivity index (χ1) is 7.70. The second kappa shape index (κ2) is 5.17. The predicted molar refractivity (Wildman–Crippen MR) is 63.0 cm³/mol. The molecule has 92 valence electrons. The summed E-state index contributed by atoms with van der Waals surface area (Å²) in [6.07, 6.45) is 7.90. The molecule has 0 saturated heterocycles. The van der Waals surface area contributed by atoms with Gasteiger partial charge in [-0.25, -0.2) is 0 Å². The van der Waals surface area contributed by atoms with Crippen molar-refractivity contribution < 1.29 is 9.90 Å². The monoisotopic (exact) mass is 225 g/mol. The van der Waals surface area contributed by atoms with Crippen LogP contribution in [0.4, 0.5) is 0 Å². The summed E-state index contributed by atoms with van der Waals surface area (Å²) in [6.45, 7) is 0.612. The van der Waals surface area contributed by atoms with Crippen LogP contribution in [0.3, 0.4) is 0 Å². The van der Waals surface area contributed by atoms with Crippen molar-refractivity contribution in [2.75, 3.05) is 6.54 Å². The number of aliphatic carboxylic acids is 1. The molecule has 16 heavy (non-hydrogen) atoms. The van der Waals surface area contributed by atoms with Gasteiger partial charge in [0.25, 0.3) is 0 Å². The molecule has 2 fully saturated rings. The van der Waals surface area contributed by atoms with Crippen molar-refractivity contribution in [3.8, 4) is 0 Å². The lowest BCUT2D eigenvalue weighted by atomic mass is 9.81. The van der Waals surface area contributed by atoms with E-state index in [-0.39, 0.29) is 5.92 Å². The van der Waals surface area contributed by atoms with Gasteiger partial charge in [-0.3, -0.25) is 4.79 Å². The predicted octanol–water partition coefficient (Wildman–Crippen LogP) is 2.25. The zero-order valence-electron chi connectivity index (χ0n) is 9.90. The molecule has 0 aromatic carbocycles. The van der Waals surface area contributed by atoms with Gasteiger partial charge in [0.15, 0.2) is 0 Å². The fourth-order valence-corrected chi connectivity index (χ4v) is 3.74. The van der Waals surface area contributed by atoms with E-state index >= 15 is 0 Å². The van der Waals surface area contributed by atoms with Gasteiger partial charge in [-0.1, -0.05) is 6.42 Å². The minimum atomic E-state index is -0.615. The maximum atomic E-state index is 11.2. The van der Waals surface area contributed by atoms with Crippen LogP contribution in [-0.2, 0) is 4.79 Å². The third-order valence-corrected chi connectivity index (χ3v) is 4.58. The van der Waals surface area contributed by atoms with E-state index in [1.165, 1.54) is 25.7 Å². The molecule has 2 rings (SSSR count). The molecule has 3 nitrogen and oxygen atoms in total. The Kier molecular flexibility index (Phi) is 3.85. The summed E-state index contributed by atoms with van der Waals surface area (Å²) in [7, 11) is 0. The van der Waals surface area contributed by atoms with Crippen LogP contribution in [0.2, 0.25) is 0 Å². The molecule has 0 aliphatic heterocycles. The highest BCUT2D eigenvalue weighted by Gasteiger charge is 2.40. The topological polar surface area (TPSA) is 63.3 Å². The Morgan fingerprint density at radius 3 is 2.69 bits per heavy atom. The lowest BCUT2D eigenvalue weighted by Crippen LogP contribution is -2.22. The van der Waals surface area contributed by atoms with Gasteiger partial charge in [-0.05, 0) is 62.8 Å². The van der Waals surface area contributed by atoms with Crippen molar-refractivity contribution in [2.45, 2.75) is 44.9 Å². The van der Waals surface area contributed by atoms with Gasteiger partial charge in [0.2, 0.25) is 0 Å². The SMILES string of the molecule is NCCCC(CC1CC2CCC1C2)C(=O)O. The summed E-state index contributed by atoms with van der Waals surface area (Å²) in [5, 5.41) is 9.19. The Hall–Kier alpha value is -0.570. The van der Waals surface area contributed by atoms with E-state index < -0.39 is 5.97 Å². The smallest absolute Gasteiger partial charge is 0.306 e. The largest absolute Gasteiger partial charge is 0.481 e. The molecule has 3 heteroatoms. The van der Waals surface area contributed by atoms with E-state index in [1.54, 1.807) is 0 Å². The zero-order valence-corrected chi connectivity index (χ0v) is 9.90. The van der Waals surface area contributed by atoms with Crippen LogP contribution in [-0.4, -0.2) is 17.6 Å². The first-order valence-corrected chi connectivity index (χ1v) is 6.63. The lowest BCUT2D eigenvalue weighted by Gasteiger charge is -2.24. The maximum Gasteiger partial charge on any atom is 0.306 e. The molecule has 0 spiro atoms. The van der Waals surface area contributed by atoms with E-state index in [0.717, 1.165) is 31.1 Å². The second-order valence-corrected chi connectivity index (χ2v) is 5.64. The van der Waals surface area contributed by atoms with Crippen molar-refractivity contribution in [1.29, 1.82) is 0 Å². The number of carboxylic acid groups (broad SMARTS) is 1. The summed E-state index contributed by atoms with van der Waals surface area (Å²) in [6, 6.07) is 0. The Labute approximate surface area is 97.4 Å². The molecule has 2 aliphatic rings. The summed E-state index contributed by atoms with van der Waals surface area (Å²) >= 11 is 0. The molecule has 0 aromatic rings. The van der Waals surface area contributed by atoms with Crippen molar-refractivity contribution in [2.24, 2.45) is 29.4 Å². The second-order valence-electron chi connectivity index (χ2n) is 5.64. The van der Waals surface area contributed by atoms with Crippen LogP contribution in [0.1, 0.15) is 44.9 Å². The first kappa shape index (κ1) is 11.9. The molecule has 2 aliphatic carbocycles. The molecule has 4 atom stereocenters. The van der Waals surface area contributed by atoms with Gasteiger partial charge in [-0.15, -0.1) is 0 Å². The molecular weight excluding hydrogens is 202 g/mol. The average Bonchev–Trinajstić information content (AvgIpc) is 2.85. The van der Waals surface area contributed by atoms with Crippen molar-refractivity contribution in [1.82, 2.24) is 0 Å². The highest BCUT2D eigenvalue weighted by atomic mass is 16.4. The van der Waals surface area contributed by atoms with Gasteiger partial charge in [0.1, 0.15) is 0 Å². The van der Waals surface area contributed by atoms with Crippen LogP contribution >= 0.6 is 0 Å². The highest BCUT2D eigenvalue weighted by molar-refractivity contribution is 5.69. The third-order valence-electron chi connectivity index (χ3n) is 4.58. The molecule has 3 N–H and O–H groups in total. The van der Waals surface area contributed by atoms with Crippen molar-refractivity contribution in [3.05, 3.63) is 0 Å². The Morgan fingerprint density at radius 2 is 2.19 bits per heavy atom. The van der Waals surface area contributed by atoms with Gasteiger partial charge >= 0.3 is 5.97 Å². The first-order valence-electron chi connectivity index (χ1n) is 6.63. The van der Waals surface area contributed by atoms with Gasteiger partial charge < -0.3 is 10.8 Å². The Morgan fingerprint density at radius 1 is 1.38 bits per heavy atom. The molecule has 0 aromatic heterocycles. The molecular formula is C13H23NO2. The number of carbonyl (C=O) groups is 1. The van der Waals surface area contributed by atoms with Gasteiger partial charge in [-0.2, -0.15) is 0 Å². The average molecular weight is 225 g/mol. The van der Waals surface area contributed by atoms with Gasteiger partial charge in [0, 0.05) is 0 Å². The van der Waals surface area contributed by atoms with Crippen LogP contribution in [0.25, 0.3) is 0 Å². The van der Waals surface area contributed by atoms with E-state index in [1.807, 2.05) is 0 Å². The fraction of sp³-hybridized carbons (Fsp3) is 0.923. The summed E-state index contributed by atoms with van der Waals surface area (Å²) in [4.78, 5) is 11.2. The van der Waals surface area contributed by atoms with E-state index in [9.17, 15) is 9.90 Å². The number of fused-ring (bicyclic) bond motifs is 2. The molecule has 2 saturated carbocycles. The lowest BCUT2D eigenvalue weighted by molar-refractivity contribution is -0.142. The number of rotatable bonds is 6. The maximum absolute atomic E-state index is 11.2. The van der Waals surface area contributed by atoms with Crippen molar-refractivity contribution >= 4 is 5.97 Å². The molecule has 4 unspecified atom stereocenters. The van der Waals surface area contributed by atoms with Crippen LogP contribution in [0.5, 0.6) is 0 Å². The third kappa shape index (κ3) is 2.57. The fourth-order valence-electron chi connectivity index (χ4n) is 3.74. The normalized spacial score (nSPS) is 34.2. The van der Waals surface area contributed by atoms with Crippen LogP contribution in [0, 0.1) is 23.7 Å². The molecule has 0 heterocycles. The number of hydrogen-bond acceptors (Lipinski definition) is 2. The minimum Gasteiger partial charge on any atom is -0.481 e.